The zero-order chi connectivity index (χ0) is 11.6. The molecule has 0 aliphatic carbocycles. The van der Waals surface area contributed by atoms with Gasteiger partial charge in [0.25, 0.3) is 0 Å². The summed E-state index contributed by atoms with van der Waals surface area (Å²) >= 11 is 0. The second-order valence-corrected chi connectivity index (χ2v) is 3.93. The minimum Gasteiger partial charge on any atom is -0.331 e. The lowest BCUT2D eigenvalue weighted by molar-refractivity contribution is -0.185. The Hall–Kier alpha value is -1.00. The lowest BCUT2D eigenvalue weighted by Crippen LogP contribution is -2.43. The Morgan fingerprint density at radius 1 is 1.47 bits per heavy atom. The van der Waals surface area contributed by atoms with Gasteiger partial charge in [0.1, 0.15) is 0 Å². The number of nitrogens with zero attached hydrogens (tertiary/aromatic N) is 1. The van der Waals surface area contributed by atoms with E-state index in [0.29, 0.717) is 12.3 Å². The predicted octanol–water partition coefficient (Wildman–Crippen LogP) is 2.36. The van der Waals surface area contributed by atoms with Crippen molar-refractivity contribution in [1.29, 1.82) is 0 Å². The molecule has 0 saturated heterocycles. The molecule has 0 bridgehead atoms. The van der Waals surface area contributed by atoms with Crippen molar-refractivity contribution in [2.75, 3.05) is 13.1 Å². The third-order valence-corrected chi connectivity index (χ3v) is 2.52. The number of hydrogen-bond donors (Lipinski definition) is 0. The Balaban J connectivity index is 2.62. The molecule has 1 rings (SSSR count). The van der Waals surface area contributed by atoms with Gasteiger partial charge in [-0.1, -0.05) is 25.5 Å². The second-order valence-electron chi connectivity index (χ2n) is 3.93. The van der Waals surface area contributed by atoms with Gasteiger partial charge >= 0.3 is 12.1 Å². The van der Waals surface area contributed by atoms with Crippen molar-refractivity contribution in [1.82, 2.24) is 4.90 Å². The van der Waals surface area contributed by atoms with Crippen LogP contribution in [0.2, 0.25) is 0 Å². The number of carbonyl (C=O) groups is 1. The van der Waals surface area contributed by atoms with Gasteiger partial charge in [0.05, 0.1) is 0 Å². The third kappa shape index (κ3) is 2.97. The van der Waals surface area contributed by atoms with Gasteiger partial charge in [-0.2, -0.15) is 13.2 Å². The Bertz CT molecular complexity index is 281. The molecule has 0 radical (unpaired) electrons. The summed E-state index contributed by atoms with van der Waals surface area (Å²) in [5.41, 5.74) is 1.13. The molecule has 0 N–H and O–H groups in total. The summed E-state index contributed by atoms with van der Waals surface area (Å²) in [7, 11) is 0. The van der Waals surface area contributed by atoms with Gasteiger partial charge in [0.15, 0.2) is 0 Å². The molecule has 0 unspecified atom stereocenters. The quantitative estimate of drug-likeness (QED) is 0.622. The highest BCUT2D eigenvalue weighted by Gasteiger charge is 2.42. The van der Waals surface area contributed by atoms with Crippen LogP contribution in [-0.4, -0.2) is 30.1 Å². The largest absolute Gasteiger partial charge is 0.471 e. The highest BCUT2D eigenvalue weighted by Crippen LogP contribution is 2.23. The van der Waals surface area contributed by atoms with E-state index in [1.807, 2.05) is 13.8 Å². The number of halogens is 3. The number of amides is 1. The zero-order valence-electron chi connectivity index (χ0n) is 8.77. The normalized spacial score (nSPS) is 18.0. The standard InChI is InChI=1S/C10H14F3NO/c1-7(2)8-3-5-14(6-4-8)9(15)10(11,12)13/h3,7H,4-6H2,1-2H3. The molecule has 0 atom stereocenters. The molecule has 1 aliphatic rings. The summed E-state index contributed by atoms with van der Waals surface area (Å²) in [6.07, 6.45) is -2.49. The maximum Gasteiger partial charge on any atom is 0.471 e. The molecular formula is C10H14F3NO. The summed E-state index contributed by atoms with van der Waals surface area (Å²) in [5.74, 6) is -1.39. The Morgan fingerprint density at radius 3 is 2.40 bits per heavy atom. The average Bonchev–Trinajstić information content (AvgIpc) is 2.15. The molecule has 2 nitrogen and oxygen atoms in total. The van der Waals surface area contributed by atoms with Crippen LogP contribution in [0, 0.1) is 5.92 Å². The van der Waals surface area contributed by atoms with E-state index in [1.165, 1.54) is 0 Å². The smallest absolute Gasteiger partial charge is 0.331 e. The summed E-state index contributed by atoms with van der Waals surface area (Å²) in [6, 6.07) is 0. The van der Waals surface area contributed by atoms with Crippen LogP contribution in [0.5, 0.6) is 0 Å². The lowest BCUT2D eigenvalue weighted by atomic mass is 9.97. The first kappa shape index (κ1) is 12.1. The number of hydrogen-bond acceptors (Lipinski definition) is 1. The fourth-order valence-corrected chi connectivity index (χ4v) is 1.57. The SMILES string of the molecule is CC(C)C1=CCN(C(=O)C(F)(F)F)CC1. The highest BCUT2D eigenvalue weighted by atomic mass is 19.4. The molecule has 0 aromatic heterocycles. The lowest BCUT2D eigenvalue weighted by Gasteiger charge is -2.28. The molecule has 0 aromatic carbocycles. The maximum atomic E-state index is 12.1. The molecule has 0 saturated carbocycles. The summed E-state index contributed by atoms with van der Waals surface area (Å²) in [4.78, 5) is 11.7. The van der Waals surface area contributed by atoms with Gasteiger partial charge in [-0.05, 0) is 12.3 Å². The fourth-order valence-electron chi connectivity index (χ4n) is 1.57. The maximum absolute atomic E-state index is 12.1. The van der Waals surface area contributed by atoms with Gasteiger partial charge in [-0.3, -0.25) is 4.79 Å². The third-order valence-electron chi connectivity index (χ3n) is 2.52. The fraction of sp³-hybridized carbons (Fsp3) is 0.700. The van der Waals surface area contributed by atoms with Crippen LogP contribution in [0.25, 0.3) is 0 Å². The first-order valence-electron chi connectivity index (χ1n) is 4.87. The van der Waals surface area contributed by atoms with Crippen LogP contribution in [0.15, 0.2) is 11.6 Å². The van der Waals surface area contributed by atoms with Gasteiger partial charge in [0.2, 0.25) is 0 Å². The predicted molar refractivity (Wildman–Crippen MR) is 50.2 cm³/mol. The molecule has 0 spiro atoms. The van der Waals surface area contributed by atoms with Gasteiger partial charge in [-0.15, -0.1) is 0 Å². The van der Waals surface area contributed by atoms with E-state index in [0.717, 1.165) is 10.5 Å². The van der Waals surface area contributed by atoms with Gasteiger partial charge in [0, 0.05) is 13.1 Å². The van der Waals surface area contributed by atoms with E-state index in [1.54, 1.807) is 6.08 Å². The topological polar surface area (TPSA) is 20.3 Å². The summed E-state index contributed by atoms with van der Waals surface area (Å²) in [6.45, 7) is 4.23. The minimum atomic E-state index is -4.75. The van der Waals surface area contributed by atoms with Crippen LogP contribution in [0.3, 0.4) is 0 Å². The Morgan fingerprint density at radius 2 is 2.07 bits per heavy atom. The number of rotatable bonds is 1. The molecular weight excluding hydrogens is 207 g/mol. The van der Waals surface area contributed by atoms with Crippen molar-refractivity contribution in [3.63, 3.8) is 0 Å². The molecule has 1 aliphatic heterocycles. The first-order valence-corrected chi connectivity index (χ1v) is 4.87. The molecule has 1 amide bonds. The minimum absolute atomic E-state index is 0.0753. The van der Waals surface area contributed by atoms with Crippen LogP contribution in [-0.2, 0) is 4.79 Å². The number of alkyl halides is 3. The van der Waals surface area contributed by atoms with E-state index in [9.17, 15) is 18.0 Å². The van der Waals surface area contributed by atoms with E-state index < -0.39 is 12.1 Å². The van der Waals surface area contributed by atoms with Gasteiger partial charge in [-0.25, -0.2) is 0 Å². The second kappa shape index (κ2) is 4.24. The van der Waals surface area contributed by atoms with Crippen molar-refractivity contribution in [3.8, 4) is 0 Å². The summed E-state index contributed by atoms with van der Waals surface area (Å²) < 4.78 is 36.2. The monoisotopic (exact) mass is 221 g/mol. The van der Waals surface area contributed by atoms with Gasteiger partial charge < -0.3 is 4.90 Å². The van der Waals surface area contributed by atoms with Crippen LogP contribution < -0.4 is 0 Å². The highest BCUT2D eigenvalue weighted by molar-refractivity contribution is 5.82. The first-order chi connectivity index (χ1) is 6.82. The van der Waals surface area contributed by atoms with Crippen LogP contribution in [0.1, 0.15) is 20.3 Å². The zero-order valence-corrected chi connectivity index (χ0v) is 8.77. The van der Waals surface area contributed by atoms with Crippen molar-refractivity contribution in [2.45, 2.75) is 26.4 Å². The number of carbonyl (C=O) groups excluding carboxylic acids is 1. The summed E-state index contributed by atoms with van der Waals surface area (Å²) in [5, 5.41) is 0. The van der Waals surface area contributed by atoms with Crippen LogP contribution in [0.4, 0.5) is 13.2 Å². The molecule has 5 heteroatoms. The Kier molecular flexibility index (Phi) is 3.42. The van der Waals surface area contributed by atoms with E-state index in [4.69, 9.17) is 0 Å². The molecule has 15 heavy (non-hydrogen) atoms. The van der Waals surface area contributed by atoms with E-state index >= 15 is 0 Å². The van der Waals surface area contributed by atoms with E-state index in [-0.39, 0.29) is 13.1 Å². The molecule has 0 fully saturated rings. The van der Waals surface area contributed by atoms with Crippen molar-refractivity contribution in [2.24, 2.45) is 5.92 Å². The molecule has 0 aromatic rings. The Labute approximate surface area is 86.7 Å². The molecule has 86 valence electrons. The van der Waals surface area contributed by atoms with E-state index in [2.05, 4.69) is 0 Å². The van der Waals surface area contributed by atoms with Crippen molar-refractivity contribution < 1.29 is 18.0 Å². The van der Waals surface area contributed by atoms with Crippen LogP contribution >= 0.6 is 0 Å². The van der Waals surface area contributed by atoms with Crippen molar-refractivity contribution in [3.05, 3.63) is 11.6 Å². The average molecular weight is 221 g/mol. The van der Waals surface area contributed by atoms with Crippen molar-refractivity contribution >= 4 is 5.91 Å². The molecule has 1 heterocycles.